The van der Waals surface area contributed by atoms with Gasteiger partial charge >= 0.3 is 307 Å². The van der Waals surface area contributed by atoms with E-state index in [4.69, 9.17) is 0 Å². The molecule has 0 aliphatic carbocycles. The average Bonchev–Trinajstić information content (AvgIpc) is 4.16. The number of fused-ring (bicyclic) bond motifs is 10. The van der Waals surface area contributed by atoms with Crippen molar-refractivity contribution in [2.75, 3.05) is 0 Å². The molecule has 53 heavy (non-hydrogen) atoms. The Morgan fingerprint density at radius 2 is 0.660 bits per heavy atom. The van der Waals surface area contributed by atoms with Crippen LogP contribution in [0.2, 0.25) is 29.0 Å². The van der Waals surface area contributed by atoms with Gasteiger partial charge in [0.1, 0.15) is 0 Å². The van der Waals surface area contributed by atoms with Crippen LogP contribution < -0.4 is 21.2 Å². The Labute approximate surface area is 305 Å². The number of rotatable bonds is 18. The second-order valence-corrected chi connectivity index (χ2v) is 82.8. The molecule has 10 aliphatic rings. The summed E-state index contributed by atoms with van der Waals surface area (Å²) in [5, 5.41) is 7.54. The minimum atomic E-state index is -4.82. The van der Waals surface area contributed by atoms with E-state index in [-0.39, 0.29) is 0 Å². The van der Waals surface area contributed by atoms with Crippen molar-refractivity contribution in [2.24, 2.45) is 0 Å². The van der Waals surface area contributed by atoms with Gasteiger partial charge in [0.15, 0.2) is 0 Å². The molecule has 274 valence electrons. The molecule has 0 amide bonds. The molecule has 0 bridgehead atoms. The molecule has 0 N–H and O–H groups in total. The SMILES string of the molecule is CCCCc1ccccc1P(c1ccccc1CCCC)[C]12[CH]3[CH]4[CH]5[C]1(P(c1ccccc1CCCC)c1ccccc1CCCC)[Zr]43521678[CH]2[CH]1[CH]6[CH]7[CH]28. The second-order valence-electron chi connectivity index (χ2n) is 24.3. The Balaban J connectivity index is 1.08. The molecule has 4 aromatic carbocycles. The molecule has 4 aromatic rings. The first-order valence-corrected chi connectivity index (χ1v) is 39.4. The van der Waals surface area contributed by atoms with E-state index < -0.39 is 27.2 Å². The molecule has 0 radical (unpaired) electrons. The summed E-state index contributed by atoms with van der Waals surface area (Å²) in [6, 6.07) is 41.0. The Hall–Kier alpha value is -1.38. The molecule has 4 unspecified atom stereocenters. The summed E-state index contributed by atoms with van der Waals surface area (Å²) in [6.07, 6.45) is 15.6. The molecule has 3 heteroatoms. The van der Waals surface area contributed by atoms with Gasteiger partial charge in [0, 0.05) is 0 Å². The number of hydrogen-bond acceptors (Lipinski definition) is 0. The normalized spacial score (nSPS) is 47.7. The first-order chi connectivity index (χ1) is 25.9. The summed E-state index contributed by atoms with van der Waals surface area (Å²) in [7, 11) is -0.829. The van der Waals surface area contributed by atoms with E-state index in [1.165, 1.54) is 106 Å². The van der Waals surface area contributed by atoms with E-state index in [9.17, 15) is 0 Å². The first-order valence-electron chi connectivity index (χ1n) is 22.9. The molecular formula is C50H60P2Zr. The summed E-state index contributed by atoms with van der Waals surface area (Å²) in [6.45, 7) is 9.63. The van der Waals surface area contributed by atoms with E-state index in [0.29, 0.717) is 0 Å². The third-order valence-electron chi connectivity index (χ3n) is 29.1. The quantitative estimate of drug-likeness (QED) is 0.0878. The van der Waals surface area contributed by atoms with Crippen LogP contribution in [-0.2, 0) is 37.0 Å². The van der Waals surface area contributed by atoms with Crippen LogP contribution in [0.4, 0.5) is 0 Å². The van der Waals surface area contributed by atoms with E-state index in [1.54, 1.807) is 22.3 Å². The van der Waals surface area contributed by atoms with Crippen molar-refractivity contribution in [2.45, 2.75) is 139 Å². The predicted octanol–water partition coefficient (Wildman–Crippen LogP) is 12.8. The van der Waals surface area contributed by atoms with Crippen molar-refractivity contribution in [3.63, 3.8) is 0 Å². The Morgan fingerprint density at radius 1 is 0.396 bits per heavy atom. The van der Waals surface area contributed by atoms with E-state index >= 15 is 0 Å². The van der Waals surface area contributed by atoms with Gasteiger partial charge in [-0.05, 0) is 0 Å². The van der Waals surface area contributed by atoms with Gasteiger partial charge in [-0.15, -0.1) is 0 Å². The van der Waals surface area contributed by atoms with Gasteiger partial charge in [-0.3, -0.25) is 0 Å². The third kappa shape index (κ3) is 1.22. The summed E-state index contributed by atoms with van der Waals surface area (Å²) < 4.78 is 11.8. The standard InChI is InChI=1S/C45H55P2.C5H5.Zr/c1-5-9-22-36-26-13-17-30-40(36)46(41-31-18-14-27-37(41)23-10-6-2)44-34-21-35-45(44)47(42-32-19-15-28-38(42)24-11-7-3)43-33-20-16-29-39(43)25-12-8-4;1-2-4-5-3-1;/h13-21,26-35H,5-12,22-25H2,1-4H3;1-5H;. The maximum absolute atomic E-state index is 4.82. The minimum absolute atomic E-state index is 0.415. The molecule has 14 rings (SSSR count). The van der Waals surface area contributed by atoms with E-state index in [2.05, 4.69) is 125 Å². The Bertz CT molecular complexity index is 2330. The third-order valence-corrected chi connectivity index (χ3v) is 148. The summed E-state index contributed by atoms with van der Waals surface area (Å²) in [5.74, 6) is 0. The Morgan fingerprint density at radius 3 is 0.887 bits per heavy atom. The van der Waals surface area contributed by atoms with Gasteiger partial charge in [0.05, 0.1) is 0 Å². The van der Waals surface area contributed by atoms with Crippen LogP contribution in [0.5, 0.6) is 0 Å². The van der Waals surface area contributed by atoms with Crippen molar-refractivity contribution in [1.82, 2.24) is 0 Å². The average molecular weight is 814 g/mol. The summed E-state index contributed by atoms with van der Waals surface area (Å²) >= 11 is -4.82. The maximum atomic E-state index is 2.74. The molecular weight excluding hydrogens is 754 g/mol. The van der Waals surface area contributed by atoms with Crippen LogP contribution in [0.3, 0.4) is 0 Å². The molecule has 0 aromatic heterocycles. The zero-order chi connectivity index (χ0) is 35.5. The predicted molar refractivity (Wildman–Crippen MR) is 228 cm³/mol. The van der Waals surface area contributed by atoms with Crippen LogP contribution in [0, 0.1) is 0 Å². The fraction of sp³-hybridized carbons (Fsp3) is 0.520. The van der Waals surface area contributed by atoms with Crippen molar-refractivity contribution in [3.05, 3.63) is 119 Å². The van der Waals surface area contributed by atoms with Gasteiger partial charge in [0.2, 0.25) is 0 Å². The zero-order valence-corrected chi connectivity index (χ0v) is 37.0. The van der Waals surface area contributed by atoms with Gasteiger partial charge in [-0.25, -0.2) is 0 Å². The van der Waals surface area contributed by atoms with Crippen molar-refractivity contribution < 1.29 is 11.4 Å². The summed E-state index contributed by atoms with van der Waals surface area (Å²) in [4.78, 5) is 0. The molecule has 4 atom stereocenters. The zero-order valence-electron chi connectivity index (χ0n) is 32.7. The molecule has 10 fully saturated rings. The molecule has 0 saturated carbocycles. The van der Waals surface area contributed by atoms with Gasteiger partial charge in [-0.1, -0.05) is 0 Å². The molecule has 10 aliphatic heterocycles. The van der Waals surface area contributed by atoms with Crippen molar-refractivity contribution in [3.8, 4) is 0 Å². The monoisotopic (exact) mass is 812 g/mol. The molecule has 10 saturated heterocycles. The van der Waals surface area contributed by atoms with Crippen LogP contribution in [0.15, 0.2) is 97.1 Å². The fourth-order valence-corrected chi connectivity index (χ4v) is 312. The van der Waals surface area contributed by atoms with Crippen molar-refractivity contribution in [1.29, 1.82) is 0 Å². The second kappa shape index (κ2) is 6.58. The van der Waals surface area contributed by atoms with Crippen LogP contribution in [0.1, 0.15) is 101 Å². The number of hydrogen-bond donors (Lipinski definition) is 0. The van der Waals surface area contributed by atoms with Crippen LogP contribution in [-0.4, -0.2) is 5.73 Å². The number of benzene rings is 4. The Kier molecular flexibility index (Phi) is 3.93. The van der Waals surface area contributed by atoms with E-state index in [0.717, 1.165) is 5.73 Å². The van der Waals surface area contributed by atoms with Crippen LogP contribution in [0.25, 0.3) is 0 Å². The molecule has 0 nitrogen and oxygen atoms in total. The van der Waals surface area contributed by atoms with Gasteiger partial charge in [0.25, 0.3) is 0 Å². The first kappa shape index (κ1) is 31.7. The number of unbranched alkanes of at least 4 members (excludes halogenated alkanes) is 4. The topological polar surface area (TPSA) is 0 Å². The molecule has 10 heterocycles. The van der Waals surface area contributed by atoms with E-state index in [1.807, 2.05) is 21.2 Å². The molecule has 1 spiro atoms. The van der Waals surface area contributed by atoms with Gasteiger partial charge in [-0.2, -0.15) is 0 Å². The fourth-order valence-electron chi connectivity index (χ4n) is 31.7. The van der Waals surface area contributed by atoms with Crippen LogP contribution >= 0.6 is 15.8 Å². The van der Waals surface area contributed by atoms with Gasteiger partial charge < -0.3 is 0 Å². The summed E-state index contributed by atoms with van der Waals surface area (Å²) in [5.41, 5.74) is 7.00. The van der Waals surface area contributed by atoms with Crippen molar-refractivity contribution >= 4 is 37.1 Å². The number of aryl methyl sites for hydroxylation is 4.